The first-order valence-corrected chi connectivity index (χ1v) is 7.66. The number of nitro benzene ring substituents is 1. The van der Waals surface area contributed by atoms with E-state index in [-0.39, 0.29) is 42.3 Å². The number of carbonyl (C=O) groups excluding carboxylic acids is 1. The van der Waals surface area contributed by atoms with E-state index < -0.39 is 11.0 Å². The lowest BCUT2D eigenvalue weighted by atomic mass is 10.2. The van der Waals surface area contributed by atoms with Crippen molar-refractivity contribution < 1.29 is 23.9 Å². The van der Waals surface area contributed by atoms with Crippen LogP contribution in [0.15, 0.2) is 18.2 Å². The normalized spacial score (nSPS) is 16.8. The zero-order chi connectivity index (χ0) is 16.7. The molecule has 23 heavy (non-hydrogen) atoms. The van der Waals surface area contributed by atoms with E-state index in [2.05, 4.69) is 5.32 Å². The highest BCUT2D eigenvalue weighted by molar-refractivity contribution is 6.18. The molecule has 2 rings (SSSR count). The van der Waals surface area contributed by atoms with E-state index in [1.807, 2.05) is 0 Å². The average Bonchev–Trinajstić information content (AvgIpc) is 3.05. The van der Waals surface area contributed by atoms with Gasteiger partial charge in [0.05, 0.1) is 22.6 Å². The number of nitrogens with zero attached hydrogens (tertiary/aromatic N) is 1. The summed E-state index contributed by atoms with van der Waals surface area (Å²) in [5.41, 5.74) is -0.00104. The highest BCUT2D eigenvalue weighted by Gasteiger charge is 2.21. The molecule has 0 aliphatic carbocycles. The number of halogens is 1. The monoisotopic (exact) mass is 344 g/mol. The molecule has 1 aliphatic rings. The second-order valence-electron chi connectivity index (χ2n) is 4.84. The van der Waals surface area contributed by atoms with Crippen molar-refractivity contribution in [1.29, 1.82) is 0 Å². The maximum Gasteiger partial charge on any atom is 0.411 e. The van der Waals surface area contributed by atoms with Crippen LogP contribution >= 0.6 is 11.6 Å². The second kappa shape index (κ2) is 8.54. The molecule has 8 nitrogen and oxygen atoms in total. The zero-order valence-corrected chi connectivity index (χ0v) is 13.1. The molecule has 1 aromatic carbocycles. The Balaban J connectivity index is 2.01. The fourth-order valence-corrected chi connectivity index (χ4v) is 2.18. The number of hydrogen-bond acceptors (Lipinski definition) is 6. The molecule has 1 N–H and O–H groups in total. The lowest BCUT2D eigenvalue weighted by Gasteiger charge is -2.12. The van der Waals surface area contributed by atoms with Gasteiger partial charge in [-0.05, 0) is 25.0 Å². The molecule has 0 saturated carbocycles. The molecule has 1 saturated heterocycles. The molecule has 126 valence electrons. The lowest BCUT2D eigenvalue weighted by Crippen LogP contribution is -2.17. The number of nitrogens with one attached hydrogen (secondary N) is 1. The largest absolute Gasteiger partial charge is 0.484 e. The van der Waals surface area contributed by atoms with Crippen molar-refractivity contribution in [3.05, 3.63) is 28.3 Å². The Morgan fingerprint density at radius 1 is 1.52 bits per heavy atom. The van der Waals surface area contributed by atoms with Gasteiger partial charge in [-0.25, -0.2) is 4.79 Å². The zero-order valence-electron chi connectivity index (χ0n) is 12.3. The van der Waals surface area contributed by atoms with E-state index in [1.54, 1.807) is 0 Å². The van der Waals surface area contributed by atoms with Crippen LogP contribution in [0.5, 0.6) is 5.75 Å². The van der Waals surface area contributed by atoms with Gasteiger partial charge < -0.3 is 14.2 Å². The number of anilines is 1. The van der Waals surface area contributed by atoms with Gasteiger partial charge in [0.1, 0.15) is 13.2 Å². The highest BCUT2D eigenvalue weighted by Crippen LogP contribution is 2.30. The minimum atomic E-state index is -0.729. The quantitative estimate of drug-likeness (QED) is 0.463. The van der Waals surface area contributed by atoms with Crippen molar-refractivity contribution in [3.63, 3.8) is 0 Å². The Kier molecular flexibility index (Phi) is 6.42. The van der Waals surface area contributed by atoms with Crippen molar-refractivity contribution >= 4 is 29.1 Å². The predicted molar refractivity (Wildman–Crippen MR) is 83.3 cm³/mol. The lowest BCUT2D eigenvalue weighted by molar-refractivity contribution is -0.385. The predicted octanol–water partition coefficient (Wildman–Crippen LogP) is 2.94. The van der Waals surface area contributed by atoms with Crippen LogP contribution in [0, 0.1) is 10.1 Å². The molecule has 1 fully saturated rings. The molecule has 1 atom stereocenters. The molecule has 1 aliphatic heterocycles. The maximum absolute atomic E-state index is 11.4. The van der Waals surface area contributed by atoms with Crippen LogP contribution in [0.2, 0.25) is 0 Å². The van der Waals surface area contributed by atoms with Gasteiger partial charge in [-0.15, -0.1) is 11.6 Å². The van der Waals surface area contributed by atoms with Crippen LogP contribution in [-0.2, 0) is 9.47 Å². The molecule has 1 unspecified atom stereocenters. The summed E-state index contributed by atoms with van der Waals surface area (Å²) < 4.78 is 15.6. The van der Waals surface area contributed by atoms with E-state index in [0.717, 1.165) is 12.8 Å². The van der Waals surface area contributed by atoms with E-state index in [1.165, 1.54) is 18.2 Å². The summed E-state index contributed by atoms with van der Waals surface area (Å²) in [6.07, 6.45) is 1.06. The second-order valence-corrected chi connectivity index (χ2v) is 5.21. The first-order valence-electron chi connectivity index (χ1n) is 7.12. The third kappa shape index (κ3) is 5.26. The third-order valence-electron chi connectivity index (χ3n) is 3.16. The van der Waals surface area contributed by atoms with Gasteiger partial charge in [0.15, 0.2) is 5.75 Å². The fraction of sp³-hybridized carbons (Fsp3) is 0.500. The molecule has 9 heteroatoms. The number of nitro groups is 1. The maximum atomic E-state index is 11.4. The van der Waals surface area contributed by atoms with Crippen LogP contribution in [0.4, 0.5) is 16.2 Å². The number of benzene rings is 1. The van der Waals surface area contributed by atoms with Gasteiger partial charge in [-0.2, -0.15) is 0 Å². The van der Waals surface area contributed by atoms with Gasteiger partial charge in [-0.3, -0.25) is 15.4 Å². The minimum Gasteiger partial charge on any atom is -0.484 e. The summed E-state index contributed by atoms with van der Waals surface area (Å²) in [5, 5.41) is 13.6. The van der Waals surface area contributed by atoms with E-state index in [4.69, 9.17) is 25.8 Å². The Morgan fingerprint density at radius 3 is 3.00 bits per heavy atom. The standard InChI is InChI=1S/C14H17ClN2O6/c15-5-7-22-14(18)16-10-3-4-13(12(8-10)17(19)20)23-9-11-2-1-6-21-11/h3-4,8,11H,1-2,5-7,9H2,(H,16,18). The van der Waals surface area contributed by atoms with Gasteiger partial charge >= 0.3 is 11.8 Å². The van der Waals surface area contributed by atoms with Gasteiger partial charge in [0, 0.05) is 12.7 Å². The average molecular weight is 345 g/mol. The van der Waals surface area contributed by atoms with Crippen LogP contribution in [0.3, 0.4) is 0 Å². The van der Waals surface area contributed by atoms with Crippen LogP contribution in [0.25, 0.3) is 0 Å². The van der Waals surface area contributed by atoms with Crippen molar-refractivity contribution in [1.82, 2.24) is 0 Å². The number of rotatable bonds is 7. The van der Waals surface area contributed by atoms with Gasteiger partial charge in [-0.1, -0.05) is 0 Å². The highest BCUT2D eigenvalue weighted by atomic mass is 35.5. The van der Waals surface area contributed by atoms with Crippen molar-refractivity contribution in [2.75, 3.05) is 31.0 Å². The molecule has 0 radical (unpaired) electrons. The Labute approximate surface area is 137 Å². The fourth-order valence-electron chi connectivity index (χ4n) is 2.10. The summed E-state index contributed by atoms with van der Waals surface area (Å²) in [5.74, 6) is 0.300. The van der Waals surface area contributed by atoms with Crippen molar-refractivity contribution in [2.45, 2.75) is 18.9 Å². The number of carbonyl (C=O) groups is 1. The minimum absolute atomic E-state index is 0.0436. The Hall–Kier alpha value is -2.06. The summed E-state index contributed by atoms with van der Waals surface area (Å²) >= 11 is 5.40. The van der Waals surface area contributed by atoms with Crippen LogP contribution < -0.4 is 10.1 Å². The molecular weight excluding hydrogens is 328 g/mol. The molecule has 0 bridgehead atoms. The van der Waals surface area contributed by atoms with E-state index in [9.17, 15) is 14.9 Å². The third-order valence-corrected chi connectivity index (χ3v) is 3.32. The molecule has 1 aromatic rings. The number of alkyl halides is 1. The smallest absolute Gasteiger partial charge is 0.411 e. The summed E-state index contributed by atoms with van der Waals surface area (Å²) in [4.78, 5) is 22.0. The molecular formula is C14H17ClN2O6. The SMILES string of the molecule is O=C(Nc1ccc(OCC2CCCO2)c([N+](=O)[O-])c1)OCCCl. The van der Waals surface area contributed by atoms with Gasteiger partial charge in [0.25, 0.3) is 0 Å². The van der Waals surface area contributed by atoms with Crippen LogP contribution in [-0.4, -0.2) is 42.8 Å². The van der Waals surface area contributed by atoms with E-state index >= 15 is 0 Å². The first-order chi connectivity index (χ1) is 11.1. The number of ether oxygens (including phenoxy) is 3. The molecule has 1 amide bonds. The molecule has 0 aromatic heterocycles. The number of amides is 1. The molecule has 0 spiro atoms. The Bertz CT molecular complexity index is 562. The first kappa shape index (κ1) is 17.3. The summed E-state index contributed by atoms with van der Waals surface area (Å²) in [6.45, 7) is 0.993. The molecule has 1 heterocycles. The number of hydrogen-bond donors (Lipinski definition) is 1. The van der Waals surface area contributed by atoms with Gasteiger partial charge in [0.2, 0.25) is 0 Å². The van der Waals surface area contributed by atoms with Crippen molar-refractivity contribution in [3.8, 4) is 5.75 Å². The van der Waals surface area contributed by atoms with Crippen LogP contribution in [0.1, 0.15) is 12.8 Å². The summed E-state index contributed by atoms with van der Waals surface area (Å²) in [7, 11) is 0. The topological polar surface area (TPSA) is 99.9 Å². The van der Waals surface area contributed by atoms with Crippen molar-refractivity contribution in [2.24, 2.45) is 0 Å². The summed E-state index contributed by atoms with van der Waals surface area (Å²) in [6, 6.07) is 4.15. The Morgan fingerprint density at radius 2 is 2.35 bits per heavy atom. The van der Waals surface area contributed by atoms with E-state index in [0.29, 0.717) is 6.61 Å².